The van der Waals surface area contributed by atoms with E-state index in [2.05, 4.69) is 11.8 Å². The highest BCUT2D eigenvalue weighted by Gasteiger charge is 2.25. The first kappa shape index (κ1) is 16.5. The average Bonchev–Trinajstić information content (AvgIpc) is 2.62. The minimum Gasteiger partial charge on any atom is -0.399 e. The van der Waals surface area contributed by atoms with Crippen molar-refractivity contribution in [2.24, 2.45) is 0 Å². The Morgan fingerprint density at radius 2 is 1.58 bits per heavy atom. The maximum absolute atomic E-state index is 13.1. The van der Waals surface area contributed by atoms with Crippen molar-refractivity contribution in [2.75, 3.05) is 31.9 Å². The molecule has 0 aromatic heterocycles. The van der Waals surface area contributed by atoms with Gasteiger partial charge in [0.2, 0.25) is 0 Å². The van der Waals surface area contributed by atoms with Gasteiger partial charge in [-0.05, 0) is 48.9 Å². The molecule has 2 N–H and O–H groups in total. The molecule has 0 spiro atoms. The summed E-state index contributed by atoms with van der Waals surface area (Å²) in [6.45, 7) is 5.10. The Balaban J connectivity index is 1.60. The molecule has 3 rings (SSSR count). The standard InChI is InChI=1S/C19H22FN3O/c1-14(15-2-6-17(20)7-3-15)22-10-12-23(13-11-22)19(24)16-4-8-18(21)9-5-16/h2-9,14H,10-13,21H2,1H3. The normalized spacial score (nSPS) is 16.8. The maximum Gasteiger partial charge on any atom is 0.253 e. The van der Waals surface area contributed by atoms with Crippen LogP contribution in [-0.4, -0.2) is 41.9 Å². The average molecular weight is 327 g/mol. The Morgan fingerprint density at radius 3 is 2.17 bits per heavy atom. The van der Waals surface area contributed by atoms with Gasteiger partial charge in [-0.1, -0.05) is 12.1 Å². The lowest BCUT2D eigenvalue weighted by atomic mass is 10.1. The maximum atomic E-state index is 13.1. The number of amides is 1. The SMILES string of the molecule is CC(c1ccc(F)cc1)N1CCN(C(=O)c2ccc(N)cc2)CC1. The van der Waals surface area contributed by atoms with Gasteiger partial charge in [-0.15, -0.1) is 0 Å². The highest BCUT2D eigenvalue weighted by atomic mass is 19.1. The Hall–Kier alpha value is -2.40. The lowest BCUT2D eigenvalue weighted by Gasteiger charge is -2.38. The zero-order valence-corrected chi connectivity index (χ0v) is 13.8. The molecule has 126 valence electrons. The number of nitrogens with two attached hydrogens (primary N) is 1. The molecule has 1 saturated heterocycles. The van der Waals surface area contributed by atoms with Gasteiger partial charge in [-0.3, -0.25) is 9.69 Å². The second-order valence-electron chi connectivity index (χ2n) is 6.18. The van der Waals surface area contributed by atoms with Gasteiger partial charge in [0.05, 0.1) is 0 Å². The van der Waals surface area contributed by atoms with Gasteiger partial charge in [0.25, 0.3) is 5.91 Å². The van der Waals surface area contributed by atoms with E-state index < -0.39 is 0 Å². The van der Waals surface area contributed by atoms with E-state index in [4.69, 9.17) is 5.73 Å². The van der Waals surface area contributed by atoms with Crippen LogP contribution in [0.2, 0.25) is 0 Å². The van der Waals surface area contributed by atoms with E-state index in [0.29, 0.717) is 24.3 Å². The summed E-state index contributed by atoms with van der Waals surface area (Å²) >= 11 is 0. The Morgan fingerprint density at radius 1 is 1.00 bits per heavy atom. The summed E-state index contributed by atoms with van der Waals surface area (Å²) in [5.41, 5.74) is 8.09. The fourth-order valence-corrected chi connectivity index (χ4v) is 3.07. The summed E-state index contributed by atoms with van der Waals surface area (Å²) in [5.74, 6) is -0.172. The third kappa shape index (κ3) is 3.57. The van der Waals surface area contributed by atoms with Crippen molar-refractivity contribution >= 4 is 11.6 Å². The van der Waals surface area contributed by atoms with Crippen molar-refractivity contribution in [3.8, 4) is 0 Å². The smallest absolute Gasteiger partial charge is 0.253 e. The molecule has 0 aliphatic carbocycles. The number of carbonyl (C=O) groups is 1. The molecule has 1 amide bonds. The zero-order valence-electron chi connectivity index (χ0n) is 13.8. The van der Waals surface area contributed by atoms with E-state index in [9.17, 15) is 9.18 Å². The third-order valence-electron chi connectivity index (χ3n) is 4.66. The predicted molar refractivity (Wildman–Crippen MR) is 93.1 cm³/mol. The third-order valence-corrected chi connectivity index (χ3v) is 4.66. The van der Waals surface area contributed by atoms with Gasteiger partial charge < -0.3 is 10.6 Å². The second-order valence-corrected chi connectivity index (χ2v) is 6.18. The highest BCUT2D eigenvalue weighted by molar-refractivity contribution is 5.94. The van der Waals surface area contributed by atoms with Gasteiger partial charge in [0, 0.05) is 43.5 Å². The van der Waals surface area contributed by atoms with E-state index in [1.807, 2.05) is 17.0 Å². The molecule has 2 aromatic rings. The van der Waals surface area contributed by atoms with Crippen LogP contribution in [0.25, 0.3) is 0 Å². The van der Waals surface area contributed by atoms with Crippen molar-refractivity contribution in [1.82, 2.24) is 9.80 Å². The van der Waals surface area contributed by atoms with Crippen molar-refractivity contribution in [3.05, 3.63) is 65.5 Å². The molecular formula is C19H22FN3O. The number of anilines is 1. The van der Waals surface area contributed by atoms with Gasteiger partial charge in [-0.25, -0.2) is 4.39 Å². The Bertz CT molecular complexity index is 692. The zero-order chi connectivity index (χ0) is 17.1. The van der Waals surface area contributed by atoms with E-state index in [0.717, 1.165) is 18.7 Å². The van der Waals surface area contributed by atoms with E-state index in [1.165, 1.54) is 12.1 Å². The van der Waals surface area contributed by atoms with Gasteiger partial charge in [0.1, 0.15) is 5.82 Å². The Kier molecular flexibility index (Phi) is 4.81. The van der Waals surface area contributed by atoms with Gasteiger partial charge in [-0.2, -0.15) is 0 Å². The molecule has 1 atom stereocenters. The topological polar surface area (TPSA) is 49.6 Å². The summed E-state index contributed by atoms with van der Waals surface area (Å²) in [7, 11) is 0. The molecule has 5 heteroatoms. The second kappa shape index (κ2) is 7.01. The van der Waals surface area contributed by atoms with Gasteiger partial charge in [0.15, 0.2) is 0 Å². The number of benzene rings is 2. The summed E-state index contributed by atoms with van der Waals surface area (Å²) in [6, 6.07) is 13.9. The fraction of sp³-hybridized carbons (Fsp3) is 0.316. The molecule has 24 heavy (non-hydrogen) atoms. The quantitative estimate of drug-likeness (QED) is 0.882. The molecular weight excluding hydrogens is 305 g/mol. The molecule has 1 aliphatic rings. The number of halogens is 1. The van der Waals surface area contributed by atoms with Crippen molar-refractivity contribution in [1.29, 1.82) is 0 Å². The summed E-state index contributed by atoms with van der Waals surface area (Å²) in [5, 5.41) is 0. The lowest BCUT2D eigenvalue weighted by Crippen LogP contribution is -2.49. The van der Waals surface area contributed by atoms with E-state index in [-0.39, 0.29) is 17.8 Å². The Labute approximate surface area is 141 Å². The fourth-order valence-electron chi connectivity index (χ4n) is 3.07. The number of hydrogen-bond donors (Lipinski definition) is 1. The lowest BCUT2D eigenvalue weighted by molar-refractivity contribution is 0.0582. The van der Waals surface area contributed by atoms with Gasteiger partial charge >= 0.3 is 0 Å². The van der Waals surface area contributed by atoms with Crippen LogP contribution in [0.5, 0.6) is 0 Å². The van der Waals surface area contributed by atoms with E-state index in [1.54, 1.807) is 24.3 Å². The molecule has 1 fully saturated rings. The van der Waals surface area contributed by atoms with Crippen LogP contribution in [0.3, 0.4) is 0 Å². The molecule has 1 unspecified atom stereocenters. The van der Waals surface area contributed by atoms with Crippen LogP contribution in [0.1, 0.15) is 28.9 Å². The van der Waals surface area contributed by atoms with Crippen LogP contribution in [0.15, 0.2) is 48.5 Å². The molecule has 1 heterocycles. The molecule has 1 aliphatic heterocycles. The minimum atomic E-state index is -0.218. The minimum absolute atomic E-state index is 0.0454. The number of nitrogen functional groups attached to an aromatic ring is 1. The number of carbonyl (C=O) groups excluding carboxylic acids is 1. The first-order chi connectivity index (χ1) is 11.5. The number of hydrogen-bond acceptors (Lipinski definition) is 3. The predicted octanol–water partition coefficient (Wildman–Crippen LogP) is 2.93. The number of piperazine rings is 1. The first-order valence-electron chi connectivity index (χ1n) is 8.19. The molecule has 0 bridgehead atoms. The summed E-state index contributed by atoms with van der Waals surface area (Å²) < 4.78 is 13.1. The molecule has 0 radical (unpaired) electrons. The van der Waals surface area contributed by atoms with Crippen molar-refractivity contribution < 1.29 is 9.18 Å². The monoisotopic (exact) mass is 327 g/mol. The molecule has 4 nitrogen and oxygen atoms in total. The van der Waals surface area contributed by atoms with Crippen LogP contribution < -0.4 is 5.73 Å². The van der Waals surface area contributed by atoms with Crippen LogP contribution in [0.4, 0.5) is 10.1 Å². The summed E-state index contributed by atoms with van der Waals surface area (Å²) in [6.07, 6.45) is 0. The largest absolute Gasteiger partial charge is 0.399 e. The molecule has 2 aromatic carbocycles. The van der Waals surface area contributed by atoms with Crippen LogP contribution >= 0.6 is 0 Å². The first-order valence-corrected chi connectivity index (χ1v) is 8.19. The summed E-state index contributed by atoms with van der Waals surface area (Å²) in [4.78, 5) is 16.7. The number of rotatable bonds is 3. The van der Waals surface area contributed by atoms with Crippen molar-refractivity contribution in [2.45, 2.75) is 13.0 Å². The van der Waals surface area contributed by atoms with Crippen molar-refractivity contribution in [3.63, 3.8) is 0 Å². The number of nitrogens with zero attached hydrogens (tertiary/aromatic N) is 2. The van der Waals surface area contributed by atoms with Crippen LogP contribution in [0, 0.1) is 5.82 Å². The molecule has 0 saturated carbocycles. The van der Waals surface area contributed by atoms with Crippen LogP contribution in [-0.2, 0) is 0 Å². The highest BCUT2D eigenvalue weighted by Crippen LogP contribution is 2.22. The van der Waals surface area contributed by atoms with E-state index >= 15 is 0 Å².